The molecule has 0 spiro atoms. The molecule has 1 aromatic heterocycles. The highest BCUT2D eigenvalue weighted by molar-refractivity contribution is 5.87. The highest BCUT2D eigenvalue weighted by atomic mass is 19.4. The smallest absolute Gasteiger partial charge is 0.408 e. The number of benzene rings is 1. The maximum absolute atomic E-state index is 13.1. The lowest BCUT2D eigenvalue weighted by Gasteiger charge is -2.20. The number of halogens is 3. The number of nitrogens with zero attached hydrogens (tertiary/aromatic N) is 3. The van der Waals surface area contributed by atoms with Gasteiger partial charge in [-0.1, -0.05) is 12.1 Å². The number of hydrogen-bond donors (Lipinski definition) is 4. The van der Waals surface area contributed by atoms with Crippen LogP contribution in [-0.2, 0) is 6.54 Å². The lowest BCUT2D eigenvalue weighted by Crippen LogP contribution is -2.34. The Morgan fingerprint density at radius 1 is 1.34 bits per heavy atom. The van der Waals surface area contributed by atoms with Crippen LogP contribution in [0.15, 0.2) is 29.4 Å². The summed E-state index contributed by atoms with van der Waals surface area (Å²) in [5.74, 6) is 0.0591. The van der Waals surface area contributed by atoms with Gasteiger partial charge in [0, 0.05) is 19.6 Å². The van der Waals surface area contributed by atoms with E-state index in [2.05, 4.69) is 31.0 Å². The van der Waals surface area contributed by atoms with Crippen LogP contribution in [0.1, 0.15) is 37.6 Å². The van der Waals surface area contributed by atoms with Crippen LogP contribution in [0.3, 0.4) is 0 Å². The predicted molar refractivity (Wildman–Crippen MR) is 117 cm³/mol. The molecule has 0 fully saturated rings. The van der Waals surface area contributed by atoms with Crippen molar-refractivity contribution in [3.8, 4) is 5.88 Å². The quantitative estimate of drug-likeness (QED) is 0.450. The molecule has 1 aliphatic rings. The van der Waals surface area contributed by atoms with E-state index in [0.717, 1.165) is 18.1 Å². The molecule has 2 aromatic rings. The fraction of sp³-hybridized carbons (Fsp3) is 0.429. The van der Waals surface area contributed by atoms with Crippen LogP contribution in [0, 0.1) is 5.53 Å². The first-order valence-electron chi connectivity index (χ1n) is 10.2. The molecular weight excluding hydrogens is 423 g/mol. The van der Waals surface area contributed by atoms with E-state index < -0.39 is 12.2 Å². The van der Waals surface area contributed by atoms with Crippen molar-refractivity contribution in [3.63, 3.8) is 0 Å². The molecule has 2 heterocycles. The number of anilines is 2. The van der Waals surface area contributed by atoms with E-state index in [0.29, 0.717) is 29.2 Å². The molecule has 0 bridgehead atoms. The molecule has 2 atom stereocenters. The van der Waals surface area contributed by atoms with Crippen molar-refractivity contribution in [1.82, 2.24) is 15.3 Å². The second kappa shape index (κ2) is 9.51. The molecule has 0 saturated carbocycles. The zero-order valence-electron chi connectivity index (χ0n) is 18.3. The highest BCUT2D eigenvalue weighted by Gasteiger charge is 2.37. The van der Waals surface area contributed by atoms with Crippen molar-refractivity contribution in [2.45, 2.75) is 45.6 Å². The van der Waals surface area contributed by atoms with Crippen molar-refractivity contribution >= 4 is 22.9 Å². The van der Waals surface area contributed by atoms with Gasteiger partial charge < -0.3 is 20.7 Å². The topological polar surface area (TPSA) is 107 Å². The Bertz CT molecular complexity index is 1020. The first-order valence-corrected chi connectivity index (χ1v) is 10.2. The molecule has 11 heteroatoms. The number of ether oxygens (including phenoxy) is 1. The summed E-state index contributed by atoms with van der Waals surface area (Å²) in [4.78, 5) is 8.66. The predicted octanol–water partition coefficient (Wildman–Crippen LogP) is 4.87. The molecule has 0 unspecified atom stereocenters. The van der Waals surface area contributed by atoms with Gasteiger partial charge in [-0.05, 0) is 44.0 Å². The lowest BCUT2D eigenvalue weighted by atomic mass is 9.95. The van der Waals surface area contributed by atoms with Crippen LogP contribution in [-0.4, -0.2) is 41.9 Å². The molecular formula is C21H26F3N7O. The standard InChI is InChI=1S/C21H26F3N7O/c1-5-32-19-18-14(13-6-7-15(31-25)16(9-13)26-4)8-11(2)27-10-17(18)29-20(30-19)28-12(3)21(22,23)24/h6-9,11-12,25-27H,5,10H2,1-4H3,(H,28,29,30)/t11-,12-/m1/s1. The molecule has 0 aliphatic carbocycles. The summed E-state index contributed by atoms with van der Waals surface area (Å²) in [6.07, 6.45) is -2.44. The third kappa shape index (κ3) is 4.98. The fourth-order valence-corrected chi connectivity index (χ4v) is 3.36. The highest BCUT2D eigenvalue weighted by Crippen LogP contribution is 2.38. The van der Waals surface area contributed by atoms with Gasteiger partial charge in [-0.15, -0.1) is 0 Å². The first kappa shape index (κ1) is 23.5. The summed E-state index contributed by atoms with van der Waals surface area (Å²) < 4.78 is 44.9. The minimum absolute atomic E-state index is 0.0437. The lowest BCUT2D eigenvalue weighted by molar-refractivity contribution is -0.138. The van der Waals surface area contributed by atoms with Crippen LogP contribution >= 0.6 is 0 Å². The Morgan fingerprint density at radius 3 is 2.72 bits per heavy atom. The molecule has 1 aromatic carbocycles. The van der Waals surface area contributed by atoms with Crippen molar-refractivity contribution in [1.29, 1.82) is 5.53 Å². The summed E-state index contributed by atoms with van der Waals surface area (Å²) in [5.41, 5.74) is 11.2. The second-order valence-corrected chi connectivity index (χ2v) is 7.36. The van der Waals surface area contributed by atoms with E-state index in [1.165, 1.54) is 0 Å². The van der Waals surface area contributed by atoms with Gasteiger partial charge >= 0.3 is 6.18 Å². The maximum atomic E-state index is 13.1. The molecule has 0 radical (unpaired) electrons. The second-order valence-electron chi connectivity index (χ2n) is 7.36. The van der Waals surface area contributed by atoms with Gasteiger partial charge in [-0.3, -0.25) is 0 Å². The van der Waals surface area contributed by atoms with Crippen molar-refractivity contribution < 1.29 is 17.9 Å². The number of fused-ring (bicyclic) bond motifs is 1. The van der Waals surface area contributed by atoms with Gasteiger partial charge in [-0.25, -0.2) is 10.5 Å². The van der Waals surface area contributed by atoms with E-state index in [-0.39, 0.29) is 24.5 Å². The Balaban J connectivity index is 2.16. The third-order valence-electron chi connectivity index (χ3n) is 5.04. The van der Waals surface area contributed by atoms with Crippen LogP contribution in [0.4, 0.5) is 30.5 Å². The summed E-state index contributed by atoms with van der Waals surface area (Å²) in [6.45, 7) is 5.38. The number of hydrogen-bond acceptors (Lipinski definition) is 8. The fourth-order valence-electron chi connectivity index (χ4n) is 3.36. The molecule has 8 nitrogen and oxygen atoms in total. The Hall–Kier alpha value is -3.21. The van der Waals surface area contributed by atoms with E-state index >= 15 is 0 Å². The van der Waals surface area contributed by atoms with Crippen LogP contribution in [0.25, 0.3) is 5.57 Å². The van der Waals surface area contributed by atoms with Crippen molar-refractivity contribution in [3.05, 3.63) is 41.1 Å². The molecule has 0 saturated heterocycles. The molecule has 1 aliphatic heterocycles. The van der Waals surface area contributed by atoms with E-state index in [1.54, 1.807) is 20.0 Å². The van der Waals surface area contributed by atoms with Gasteiger partial charge in [0.1, 0.15) is 11.7 Å². The molecule has 172 valence electrons. The number of nitrogens with one attached hydrogen (secondary N) is 4. The zero-order chi connectivity index (χ0) is 23.5. The van der Waals surface area contributed by atoms with Gasteiger partial charge in [0.2, 0.25) is 11.8 Å². The van der Waals surface area contributed by atoms with Crippen molar-refractivity contribution in [2.75, 3.05) is 24.3 Å². The van der Waals surface area contributed by atoms with Gasteiger partial charge in [-0.2, -0.15) is 23.3 Å². The minimum Gasteiger partial charge on any atom is -0.477 e. The van der Waals surface area contributed by atoms with Crippen LogP contribution < -0.4 is 20.7 Å². The Labute approximate surface area is 184 Å². The van der Waals surface area contributed by atoms with E-state index in [4.69, 9.17) is 10.3 Å². The maximum Gasteiger partial charge on any atom is 0.408 e. The number of aromatic nitrogens is 2. The summed E-state index contributed by atoms with van der Waals surface area (Å²) in [6, 6.07) is 3.55. The van der Waals surface area contributed by atoms with Crippen LogP contribution in [0.2, 0.25) is 0 Å². The number of alkyl halides is 3. The molecule has 32 heavy (non-hydrogen) atoms. The Kier molecular flexibility index (Phi) is 6.97. The van der Waals surface area contributed by atoms with E-state index in [9.17, 15) is 13.2 Å². The Morgan fingerprint density at radius 2 is 2.09 bits per heavy atom. The third-order valence-corrected chi connectivity index (χ3v) is 5.04. The average Bonchev–Trinajstić information content (AvgIpc) is 2.92. The number of rotatable bonds is 7. The largest absolute Gasteiger partial charge is 0.477 e. The summed E-state index contributed by atoms with van der Waals surface area (Å²) in [7, 11) is 1.74. The minimum atomic E-state index is -4.44. The average molecular weight is 449 g/mol. The van der Waals surface area contributed by atoms with E-state index in [1.807, 2.05) is 25.1 Å². The van der Waals surface area contributed by atoms with Gasteiger partial charge in [0.15, 0.2) is 0 Å². The monoisotopic (exact) mass is 449 g/mol. The molecule has 0 amide bonds. The zero-order valence-corrected chi connectivity index (χ0v) is 18.3. The van der Waals surface area contributed by atoms with Crippen molar-refractivity contribution in [2.24, 2.45) is 5.11 Å². The van der Waals surface area contributed by atoms with Crippen LogP contribution in [0.5, 0.6) is 5.88 Å². The van der Waals surface area contributed by atoms with Gasteiger partial charge in [0.05, 0.1) is 23.6 Å². The molecule has 4 N–H and O–H groups in total. The van der Waals surface area contributed by atoms with Gasteiger partial charge in [0.25, 0.3) is 0 Å². The molecule has 3 rings (SSSR count). The SMILES string of the molecule is CCOc1nc(N[C@H](C)C(F)(F)F)nc2c1C(c1ccc(N=N)c(NC)c1)=C[C@@H](C)NC2. The summed E-state index contributed by atoms with van der Waals surface area (Å²) in [5, 5.41) is 12.2. The normalized spacial score (nSPS) is 17.0. The summed E-state index contributed by atoms with van der Waals surface area (Å²) >= 11 is 0. The first-order chi connectivity index (χ1) is 15.2.